The minimum Gasteiger partial charge on any atom is -0.411 e. The van der Waals surface area contributed by atoms with Crippen LogP contribution in [-0.2, 0) is 70.4 Å². The summed E-state index contributed by atoms with van der Waals surface area (Å²) in [6, 6.07) is 13.0. The van der Waals surface area contributed by atoms with Crippen molar-refractivity contribution in [1.29, 1.82) is 0 Å². The van der Waals surface area contributed by atoms with Crippen LogP contribution in [0.1, 0.15) is 153 Å². The molecule has 0 fully saturated rings. The Balaban J connectivity index is 0.000000842. The molecule has 0 amide bonds. The second kappa shape index (κ2) is 29.4. The minimum atomic E-state index is 0. The van der Waals surface area contributed by atoms with Crippen molar-refractivity contribution in [1.82, 2.24) is 0 Å². The van der Waals surface area contributed by atoms with Crippen LogP contribution in [0.4, 0.5) is 11.4 Å². The number of rotatable bonds is 22. The quantitative estimate of drug-likeness (QED) is 0.0540. The molecule has 7 heteroatoms. The SMILES string of the molecule is CCCCCCc1cccc(NC(=S)[S-])c1CCCCCC.CCCCCCc1cccc(NC(=S)[S-])c1CCCCCC.[Zn+2]. The first-order valence-corrected chi connectivity index (χ1v) is 19.2. The summed E-state index contributed by atoms with van der Waals surface area (Å²) in [6.45, 7) is 9.02. The summed E-state index contributed by atoms with van der Waals surface area (Å²) >= 11 is 20.2. The maximum absolute atomic E-state index is 5.06. The van der Waals surface area contributed by atoms with E-state index >= 15 is 0 Å². The van der Waals surface area contributed by atoms with Crippen molar-refractivity contribution < 1.29 is 19.5 Å². The average molecular weight is 739 g/mol. The van der Waals surface area contributed by atoms with Crippen LogP contribution in [0.3, 0.4) is 0 Å². The molecule has 248 valence electrons. The molecule has 2 aromatic rings. The molecule has 0 aliphatic carbocycles. The number of thiocarbonyl (C=S) groups is 2. The van der Waals surface area contributed by atoms with Gasteiger partial charge in [0.1, 0.15) is 0 Å². The molecular weight excluding hydrogens is 678 g/mol. The monoisotopic (exact) mass is 736 g/mol. The van der Waals surface area contributed by atoms with Crippen molar-refractivity contribution in [3.05, 3.63) is 58.7 Å². The van der Waals surface area contributed by atoms with Gasteiger partial charge >= 0.3 is 19.5 Å². The third-order valence-corrected chi connectivity index (χ3v) is 8.59. The van der Waals surface area contributed by atoms with Gasteiger partial charge in [-0.25, -0.2) is 0 Å². The van der Waals surface area contributed by atoms with Crippen molar-refractivity contribution in [2.24, 2.45) is 0 Å². The Bertz CT molecular complexity index is 977. The van der Waals surface area contributed by atoms with Crippen LogP contribution in [0.5, 0.6) is 0 Å². The van der Waals surface area contributed by atoms with Crippen LogP contribution in [0.15, 0.2) is 36.4 Å². The molecule has 2 rings (SSSR count). The maximum Gasteiger partial charge on any atom is 2.00 e. The number of unbranched alkanes of at least 4 members (excludes halogenated alkanes) is 12. The fourth-order valence-electron chi connectivity index (χ4n) is 5.72. The topological polar surface area (TPSA) is 24.1 Å². The zero-order valence-corrected chi connectivity index (χ0v) is 35.2. The Kier molecular flexibility index (Phi) is 29.0. The van der Waals surface area contributed by atoms with E-state index in [-0.39, 0.29) is 19.5 Å². The molecular formula is C38H60N2S4Zn. The van der Waals surface area contributed by atoms with Gasteiger partial charge in [0.05, 0.1) is 0 Å². The van der Waals surface area contributed by atoms with Gasteiger partial charge in [0.2, 0.25) is 0 Å². The van der Waals surface area contributed by atoms with Crippen LogP contribution in [0, 0.1) is 0 Å². The number of hydrogen-bond acceptors (Lipinski definition) is 4. The van der Waals surface area contributed by atoms with Crippen LogP contribution >= 0.6 is 24.4 Å². The molecule has 0 heterocycles. The second-order valence-corrected chi connectivity index (χ2v) is 14.1. The van der Waals surface area contributed by atoms with Gasteiger partial charge in [-0.15, -0.1) is 0 Å². The molecule has 2 aromatic carbocycles. The van der Waals surface area contributed by atoms with Gasteiger partial charge in [0.25, 0.3) is 0 Å². The van der Waals surface area contributed by atoms with Crippen molar-refractivity contribution in [2.75, 3.05) is 10.6 Å². The molecule has 45 heavy (non-hydrogen) atoms. The first-order chi connectivity index (χ1) is 21.4. The Labute approximate surface area is 312 Å². The zero-order valence-electron chi connectivity index (χ0n) is 28.9. The Morgan fingerprint density at radius 1 is 0.489 bits per heavy atom. The summed E-state index contributed by atoms with van der Waals surface area (Å²) in [5.41, 5.74) is 8.08. The first kappa shape index (κ1) is 44.3. The number of hydrogen-bond donors (Lipinski definition) is 2. The predicted octanol–water partition coefficient (Wildman–Crippen LogP) is 12.3. The van der Waals surface area contributed by atoms with E-state index in [0.29, 0.717) is 8.64 Å². The molecule has 0 aliphatic rings. The average Bonchev–Trinajstić information content (AvgIpc) is 2.99. The second-order valence-electron chi connectivity index (χ2n) is 12.0. The van der Waals surface area contributed by atoms with Gasteiger partial charge in [-0.05, 0) is 85.8 Å². The summed E-state index contributed by atoms with van der Waals surface area (Å²) in [5.74, 6) is 0. The molecule has 0 bridgehead atoms. The van der Waals surface area contributed by atoms with Crippen molar-refractivity contribution in [3.8, 4) is 0 Å². The molecule has 0 atom stereocenters. The van der Waals surface area contributed by atoms with Crippen molar-refractivity contribution in [2.45, 2.75) is 156 Å². The van der Waals surface area contributed by atoms with E-state index in [2.05, 4.69) is 74.7 Å². The van der Waals surface area contributed by atoms with E-state index in [9.17, 15) is 0 Å². The molecule has 0 aromatic heterocycles. The molecule has 0 unspecified atom stereocenters. The van der Waals surface area contributed by atoms with Crippen LogP contribution in [-0.4, -0.2) is 8.64 Å². The van der Waals surface area contributed by atoms with E-state index in [0.717, 1.165) is 24.2 Å². The number of nitrogens with one attached hydrogen (secondary N) is 2. The Hall–Kier alpha value is -0.717. The van der Waals surface area contributed by atoms with E-state index in [1.54, 1.807) is 0 Å². The number of anilines is 2. The third kappa shape index (κ3) is 21.0. The molecule has 0 spiro atoms. The minimum absolute atomic E-state index is 0. The predicted molar refractivity (Wildman–Crippen MR) is 211 cm³/mol. The summed E-state index contributed by atoms with van der Waals surface area (Å²) < 4.78 is 0.885. The molecule has 2 N–H and O–H groups in total. The third-order valence-electron chi connectivity index (χ3n) is 8.18. The van der Waals surface area contributed by atoms with E-state index in [1.807, 2.05) is 0 Å². The fourth-order valence-corrected chi connectivity index (χ4v) is 6.16. The smallest absolute Gasteiger partial charge is 0.411 e. The van der Waals surface area contributed by atoms with Gasteiger partial charge in [-0.1, -0.05) is 138 Å². The van der Waals surface area contributed by atoms with Gasteiger partial charge in [-0.3, -0.25) is 0 Å². The standard InChI is InChI=1S/2C19H31NS2.Zn/c2*1-3-5-7-9-12-16-13-11-15-18(20-19(21)22)17(16)14-10-8-6-4-2;/h2*11,13,15H,3-10,12,14H2,1-2H3,(H2,20,21,22);/q;;+2/p-2. The van der Waals surface area contributed by atoms with E-state index in [1.165, 1.54) is 138 Å². The largest absolute Gasteiger partial charge is 2.00 e. The zero-order chi connectivity index (χ0) is 32.4. The van der Waals surface area contributed by atoms with Gasteiger partial charge in [0.15, 0.2) is 0 Å². The van der Waals surface area contributed by atoms with Crippen LogP contribution < -0.4 is 10.6 Å². The van der Waals surface area contributed by atoms with E-state index < -0.39 is 0 Å². The Morgan fingerprint density at radius 2 is 0.800 bits per heavy atom. The summed E-state index contributed by atoms with van der Waals surface area (Å²) in [4.78, 5) is 0. The normalized spacial score (nSPS) is 10.4. The first-order valence-electron chi connectivity index (χ1n) is 17.5. The van der Waals surface area contributed by atoms with Crippen LogP contribution in [0.25, 0.3) is 0 Å². The van der Waals surface area contributed by atoms with Gasteiger partial charge in [0, 0.05) is 11.4 Å². The maximum atomic E-state index is 5.06. The van der Waals surface area contributed by atoms with E-state index in [4.69, 9.17) is 49.7 Å². The summed E-state index contributed by atoms with van der Waals surface area (Å²) in [5, 5.41) is 6.41. The van der Waals surface area contributed by atoms with Crippen LogP contribution in [0.2, 0.25) is 0 Å². The summed E-state index contributed by atoms with van der Waals surface area (Å²) in [6.07, 6.45) is 25.3. The number of benzene rings is 2. The van der Waals surface area contributed by atoms with Gasteiger partial charge in [-0.2, -0.15) is 0 Å². The molecule has 0 aliphatic heterocycles. The molecule has 2 nitrogen and oxygen atoms in total. The van der Waals surface area contributed by atoms with Gasteiger partial charge < -0.3 is 60.3 Å². The molecule has 0 radical (unpaired) electrons. The molecule has 0 saturated carbocycles. The summed E-state index contributed by atoms with van der Waals surface area (Å²) in [7, 11) is 0. The van der Waals surface area contributed by atoms with Crippen molar-refractivity contribution in [3.63, 3.8) is 0 Å². The molecule has 0 saturated heterocycles. The Morgan fingerprint density at radius 3 is 1.09 bits per heavy atom. The van der Waals surface area contributed by atoms with Crippen molar-refractivity contribution >= 4 is 69.7 Å². The number of aryl methyl sites for hydroxylation is 2. The fraction of sp³-hybridized carbons (Fsp3) is 0.632.